The molecule has 0 saturated carbocycles. The van der Waals surface area contributed by atoms with Crippen LogP contribution in [0.25, 0.3) is 11.4 Å². The topological polar surface area (TPSA) is 42.9 Å². The second-order valence-electron chi connectivity index (χ2n) is 3.18. The maximum Gasteiger partial charge on any atom is 0.194 e. The second kappa shape index (κ2) is 4.32. The van der Waals surface area contributed by atoms with Crippen LogP contribution in [0.2, 0.25) is 0 Å². The number of hydrogen-bond donors (Lipinski definition) is 0. The van der Waals surface area contributed by atoms with Crippen molar-refractivity contribution < 1.29 is 18.0 Å². The van der Waals surface area contributed by atoms with E-state index in [9.17, 15) is 18.0 Å². The van der Waals surface area contributed by atoms with E-state index in [2.05, 4.69) is 9.97 Å². The van der Waals surface area contributed by atoms with Gasteiger partial charge in [0.1, 0.15) is 5.69 Å². The molecule has 0 aliphatic heterocycles. The zero-order valence-corrected chi connectivity index (χ0v) is 8.32. The largest absolute Gasteiger partial charge is 0.296 e. The zero-order valence-electron chi connectivity index (χ0n) is 8.32. The lowest BCUT2D eigenvalue weighted by Crippen LogP contribution is -1.97. The minimum atomic E-state index is -1.56. The van der Waals surface area contributed by atoms with Crippen LogP contribution >= 0.6 is 0 Å². The van der Waals surface area contributed by atoms with Gasteiger partial charge in [-0.05, 0) is 18.2 Å². The third-order valence-corrected chi connectivity index (χ3v) is 2.04. The highest BCUT2D eigenvalue weighted by Gasteiger charge is 2.13. The molecule has 86 valence electrons. The molecule has 0 radical (unpaired) electrons. The van der Waals surface area contributed by atoms with E-state index in [4.69, 9.17) is 0 Å². The number of rotatable bonds is 2. The lowest BCUT2D eigenvalue weighted by molar-refractivity contribution is 0.111. The van der Waals surface area contributed by atoms with Crippen LogP contribution in [0.5, 0.6) is 0 Å². The summed E-state index contributed by atoms with van der Waals surface area (Å²) in [6, 6.07) is 2.87. The molecule has 1 heterocycles. The summed E-state index contributed by atoms with van der Waals surface area (Å²) in [5.74, 6) is -4.27. The van der Waals surface area contributed by atoms with Gasteiger partial charge >= 0.3 is 0 Å². The first-order chi connectivity index (χ1) is 8.11. The number of hydrogen-bond acceptors (Lipinski definition) is 3. The van der Waals surface area contributed by atoms with E-state index >= 15 is 0 Å². The Morgan fingerprint density at radius 1 is 1.12 bits per heavy atom. The van der Waals surface area contributed by atoms with Crippen LogP contribution in [0.1, 0.15) is 10.5 Å². The number of nitrogens with zero attached hydrogens (tertiary/aromatic N) is 2. The van der Waals surface area contributed by atoms with E-state index in [1.807, 2.05) is 0 Å². The van der Waals surface area contributed by atoms with Crippen molar-refractivity contribution in [2.45, 2.75) is 0 Å². The summed E-state index contributed by atoms with van der Waals surface area (Å²) in [4.78, 5) is 18.0. The van der Waals surface area contributed by atoms with Gasteiger partial charge in [0.25, 0.3) is 0 Å². The van der Waals surface area contributed by atoms with Gasteiger partial charge in [-0.15, -0.1) is 0 Å². The smallest absolute Gasteiger partial charge is 0.194 e. The van der Waals surface area contributed by atoms with Gasteiger partial charge in [0, 0.05) is 11.8 Å². The van der Waals surface area contributed by atoms with Gasteiger partial charge in [-0.1, -0.05) is 0 Å². The first kappa shape index (κ1) is 11.3. The molecule has 2 aromatic rings. The predicted octanol–water partition coefficient (Wildman–Crippen LogP) is 2.37. The monoisotopic (exact) mass is 238 g/mol. The van der Waals surface area contributed by atoms with Crippen LogP contribution in [0.15, 0.2) is 24.4 Å². The molecule has 17 heavy (non-hydrogen) atoms. The molecule has 0 amide bonds. The average Bonchev–Trinajstić information content (AvgIpc) is 2.35. The molecule has 0 aliphatic carbocycles. The van der Waals surface area contributed by atoms with Crippen molar-refractivity contribution in [3.05, 3.63) is 47.5 Å². The van der Waals surface area contributed by atoms with E-state index in [1.165, 1.54) is 12.3 Å². The molecule has 0 unspecified atom stereocenters. The fourth-order valence-electron chi connectivity index (χ4n) is 1.26. The molecule has 6 heteroatoms. The molecule has 0 fully saturated rings. The molecule has 0 aliphatic rings. The molecule has 0 N–H and O–H groups in total. The number of aldehydes is 1. The highest BCUT2D eigenvalue weighted by Crippen LogP contribution is 2.20. The molecule has 0 saturated heterocycles. The average molecular weight is 238 g/mol. The molecule has 0 bridgehead atoms. The minimum absolute atomic E-state index is 0.0369. The Labute approximate surface area is 94.0 Å². The van der Waals surface area contributed by atoms with Crippen LogP contribution in [0.3, 0.4) is 0 Å². The first-order valence-electron chi connectivity index (χ1n) is 4.55. The molecular formula is C11H5F3N2O. The standard InChI is InChI=1S/C11H5F3N2O/c12-8-3-6(4-9(13)10(8)14)11-15-2-1-7(5-17)16-11/h1-5H. The SMILES string of the molecule is O=Cc1ccnc(-c2cc(F)c(F)c(F)c2)n1. The van der Waals surface area contributed by atoms with Crippen molar-refractivity contribution in [3.8, 4) is 11.4 Å². The summed E-state index contributed by atoms with van der Waals surface area (Å²) in [5, 5.41) is 0. The Morgan fingerprint density at radius 3 is 2.35 bits per heavy atom. The first-order valence-corrected chi connectivity index (χ1v) is 4.55. The lowest BCUT2D eigenvalue weighted by Gasteiger charge is -2.02. The van der Waals surface area contributed by atoms with E-state index in [1.54, 1.807) is 0 Å². The fourth-order valence-corrected chi connectivity index (χ4v) is 1.26. The summed E-state index contributed by atoms with van der Waals surface area (Å²) >= 11 is 0. The van der Waals surface area contributed by atoms with Crippen LogP contribution < -0.4 is 0 Å². The second-order valence-corrected chi connectivity index (χ2v) is 3.18. The Balaban J connectivity index is 2.56. The van der Waals surface area contributed by atoms with Crippen molar-refractivity contribution in [1.82, 2.24) is 9.97 Å². The van der Waals surface area contributed by atoms with Gasteiger partial charge in [0.15, 0.2) is 29.6 Å². The highest BCUT2D eigenvalue weighted by molar-refractivity contribution is 5.72. The van der Waals surface area contributed by atoms with Crippen LogP contribution in [0.4, 0.5) is 13.2 Å². The van der Waals surface area contributed by atoms with E-state index < -0.39 is 17.5 Å². The van der Waals surface area contributed by atoms with Crippen molar-refractivity contribution >= 4 is 6.29 Å². The van der Waals surface area contributed by atoms with Gasteiger partial charge in [0.05, 0.1) is 0 Å². The van der Waals surface area contributed by atoms with E-state index in [0.717, 1.165) is 12.1 Å². The Kier molecular flexibility index (Phi) is 2.86. The minimum Gasteiger partial charge on any atom is -0.296 e. The number of halogens is 3. The summed E-state index contributed by atoms with van der Waals surface area (Å²) in [7, 11) is 0. The summed E-state index contributed by atoms with van der Waals surface area (Å²) in [6.07, 6.45) is 1.74. The van der Waals surface area contributed by atoms with Crippen LogP contribution in [-0.2, 0) is 0 Å². The third kappa shape index (κ3) is 2.15. The van der Waals surface area contributed by atoms with Crippen molar-refractivity contribution in [3.63, 3.8) is 0 Å². The van der Waals surface area contributed by atoms with Gasteiger partial charge < -0.3 is 0 Å². The van der Waals surface area contributed by atoms with Crippen molar-refractivity contribution in [1.29, 1.82) is 0 Å². The molecule has 0 spiro atoms. The fraction of sp³-hybridized carbons (Fsp3) is 0. The Morgan fingerprint density at radius 2 is 1.76 bits per heavy atom. The molecule has 0 atom stereocenters. The molecule has 2 rings (SSSR count). The predicted molar refractivity (Wildman–Crippen MR) is 52.7 cm³/mol. The van der Waals surface area contributed by atoms with Crippen LogP contribution in [-0.4, -0.2) is 16.3 Å². The Bertz CT molecular complexity index is 564. The maximum atomic E-state index is 13.0. The molecular weight excluding hydrogens is 233 g/mol. The number of aromatic nitrogens is 2. The van der Waals surface area contributed by atoms with Gasteiger partial charge in [-0.2, -0.15) is 0 Å². The van der Waals surface area contributed by atoms with Crippen molar-refractivity contribution in [2.24, 2.45) is 0 Å². The maximum absolute atomic E-state index is 13.0. The van der Waals surface area contributed by atoms with Gasteiger partial charge in [-0.25, -0.2) is 23.1 Å². The third-order valence-electron chi connectivity index (χ3n) is 2.04. The summed E-state index contributed by atoms with van der Waals surface area (Å²) in [5.41, 5.74) is 0.0326. The number of benzene rings is 1. The number of carbonyl (C=O) groups is 1. The quantitative estimate of drug-likeness (QED) is 0.595. The van der Waals surface area contributed by atoms with Gasteiger partial charge in [-0.3, -0.25) is 4.79 Å². The summed E-state index contributed by atoms with van der Waals surface area (Å²) < 4.78 is 38.7. The highest BCUT2D eigenvalue weighted by atomic mass is 19.2. The molecule has 1 aromatic heterocycles. The molecule has 1 aromatic carbocycles. The number of carbonyl (C=O) groups excluding carboxylic acids is 1. The summed E-state index contributed by atoms with van der Waals surface area (Å²) in [6.45, 7) is 0. The lowest BCUT2D eigenvalue weighted by atomic mass is 10.2. The Hall–Kier alpha value is -2.24. The van der Waals surface area contributed by atoms with E-state index in [0.29, 0.717) is 6.29 Å². The van der Waals surface area contributed by atoms with E-state index in [-0.39, 0.29) is 17.1 Å². The van der Waals surface area contributed by atoms with Gasteiger partial charge in [0.2, 0.25) is 0 Å². The van der Waals surface area contributed by atoms with Crippen LogP contribution in [0, 0.1) is 17.5 Å². The normalized spacial score (nSPS) is 10.3. The zero-order chi connectivity index (χ0) is 12.4. The van der Waals surface area contributed by atoms with Crippen molar-refractivity contribution in [2.75, 3.05) is 0 Å². The molecule has 3 nitrogen and oxygen atoms in total.